The van der Waals surface area contributed by atoms with Gasteiger partial charge < -0.3 is 9.47 Å². The second kappa shape index (κ2) is 27.5. The van der Waals surface area contributed by atoms with Crippen molar-refractivity contribution >= 4 is 12.2 Å². The molecule has 0 aromatic rings. The van der Waals surface area contributed by atoms with Crippen LogP contribution in [0.4, 0.5) is 9.59 Å². The third-order valence-electron chi connectivity index (χ3n) is 5.95. The summed E-state index contributed by atoms with van der Waals surface area (Å²) in [5.41, 5.74) is 0. The van der Waals surface area contributed by atoms with E-state index < -0.39 is 12.2 Å². The Morgan fingerprint density at radius 3 is 1.03 bits per heavy atom. The third-order valence-corrected chi connectivity index (χ3v) is 5.95. The minimum Gasteiger partial charge on any atom is -0.449 e. The van der Waals surface area contributed by atoms with Crippen molar-refractivity contribution in [1.82, 2.24) is 10.6 Å². The van der Waals surface area contributed by atoms with E-state index in [1.165, 1.54) is 115 Å². The number of rotatable bonds is 24. The average molecular weight is 483 g/mol. The number of hydrogen-bond acceptors (Lipinski definition) is 4. The summed E-state index contributed by atoms with van der Waals surface area (Å²) in [4.78, 5) is 23.2. The highest BCUT2D eigenvalue weighted by Crippen LogP contribution is 2.11. The molecule has 0 fully saturated rings. The monoisotopic (exact) mass is 482 g/mol. The Morgan fingerprint density at radius 1 is 0.471 bits per heavy atom. The van der Waals surface area contributed by atoms with E-state index in [0.29, 0.717) is 13.2 Å². The Labute approximate surface area is 210 Å². The van der Waals surface area contributed by atoms with Crippen molar-refractivity contribution in [2.75, 3.05) is 13.2 Å². The van der Waals surface area contributed by atoms with Crippen LogP contribution in [0.5, 0.6) is 0 Å². The fraction of sp³-hybridized carbons (Fsp3) is 0.857. The normalized spacial score (nSPS) is 11.0. The highest BCUT2D eigenvalue weighted by molar-refractivity contribution is 5.70. The summed E-state index contributed by atoms with van der Waals surface area (Å²) < 4.78 is 10.2. The molecule has 0 aliphatic carbocycles. The van der Waals surface area contributed by atoms with Crippen LogP contribution >= 0.6 is 0 Å². The molecule has 0 aromatic heterocycles. The molecule has 200 valence electrons. The zero-order valence-electron chi connectivity index (χ0n) is 22.3. The molecule has 6 heteroatoms. The molecule has 0 aromatic carbocycles. The second-order valence-electron chi connectivity index (χ2n) is 9.26. The number of carbonyl (C=O) groups excluding carboxylic acids is 2. The molecule has 0 bridgehead atoms. The van der Waals surface area contributed by atoms with Crippen molar-refractivity contribution in [3.8, 4) is 0 Å². The number of unbranched alkanes of at least 4 members (excludes halogenated alkanes) is 18. The van der Waals surface area contributed by atoms with Crippen LogP contribution < -0.4 is 10.6 Å². The molecular weight excluding hydrogens is 428 g/mol. The van der Waals surface area contributed by atoms with Crippen LogP contribution in [0.1, 0.15) is 142 Å². The van der Waals surface area contributed by atoms with Crippen molar-refractivity contribution in [1.29, 1.82) is 0 Å². The van der Waals surface area contributed by atoms with Crippen molar-refractivity contribution < 1.29 is 19.1 Å². The second-order valence-corrected chi connectivity index (χ2v) is 9.26. The lowest BCUT2D eigenvalue weighted by Crippen LogP contribution is -2.23. The van der Waals surface area contributed by atoms with E-state index in [-0.39, 0.29) is 0 Å². The first-order valence-electron chi connectivity index (χ1n) is 14.2. The molecular formula is C28H54N2O4. The summed E-state index contributed by atoms with van der Waals surface area (Å²) in [6, 6.07) is 0. The highest BCUT2D eigenvalue weighted by Gasteiger charge is 2.01. The number of alkyl carbamates (subject to hydrolysis) is 2. The number of carbonyl (C=O) groups is 2. The maximum absolute atomic E-state index is 11.6. The molecule has 0 spiro atoms. The van der Waals surface area contributed by atoms with Gasteiger partial charge in [0, 0.05) is 12.4 Å². The van der Waals surface area contributed by atoms with Crippen LogP contribution in [-0.2, 0) is 9.47 Å². The van der Waals surface area contributed by atoms with Crippen LogP contribution in [0.25, 0.3) is 0 Å². The summed E-state index contributed by atoms with van der Waals surface area (Å²) in [5, 5.41) is 4.95. The third kappa shape index (κ3) is 26.5. The van der Waals surface area contributed by atoms with Gasteiger partial charge in [-0.15, -0.1) is 0 Å². The van der Waals surface area contributed by atoms with Gasteiger partial charge in [-0.1, -0.05) is 129 Å². The van der Waals surface area contributed by atoms with Gasteiger partial charge in [0.05, 0.1) is 13.2 Å². The molecule has 0 rings (SSSR count). The minimum atomic E-state index is -0.507. The van der Waals surface area contributed by atoms with Crippen LogP contribution in [0.3, 0.4) is 0 Å². The Kier molecular flexibility index (Phi) is 26.1. The molecule has 0 saturated heterocycles. The lowest BCUT2D eigenvalue weighted by Gasteiger charge is -2.05. The van der Waals surface area contributed by atoms with Gasteiger partial charge >= 0.3 is 12.2 Å². The zero-order valence-corrected chi connectivity index (χ0v) is 22.3. The fourth-order valence-electron chi connectivity index (χ4n) is 3.81. The van der Waals surface area contributed by atoms with Gasteiger partial charge in [-0.25, -0.2) is 9.59 Å². The molecule has 0 aliphatic rings. The van der Waals surface area contributed by atoms with Crippen LogP contribution in [-0.4, -0.2) is 25.4 Å². The van der Waals surface area contributed by atoms with E-state index in [4.69, 9.17) is 9.47 Å². The lowest BCUT2D eigenvalue weighted by atomic mass is 10.1. The van der Waals surface area contributed by atoms with Gasteiger partial charge in [-0.05, 0) is 12.8 Å². The Morgan fingerprint density at radius 2 is 0.735 bits per heavy atom. The molecule has 6 nitrogen and oxygen atoms in total. The van der Waals surface area contributed by atoms with Gasteiger partial charge in [0.1, 0.15) is 0 Å². The maximum Gasteiger partial charge on any atom is 0.411 e. The van der Waals surface area contributed by atoms with E-state index in [1.54, 1.807) is 0 Å². The fourth-order valence-corrected chi connectivity index (χ4v) is 3.81. The quantitative estimate of drug-likeness (QED) is 0.135. The van der Waals surface area contributed by atoms with E-state index in [1.807, 2.05) is 0 Å². The van der Waals surface area contributed by atoms with Gasteiger partial charge in [-0.2, -0.15) is 0 Å². The van der Waals surface area contributed by atoms with Crippen molar-refractivity contribution in [3.63, 3.8) is 0 Å². The minimum absolute atomic E-state index is 0.421. The number of hydrogen-bond donors (Lipinski definition) is 2. The Hall–Kier alpha value is -1.72. The van der Waals surface area contributed by atoms with Crippen molar-refractivity contribution in [2.45, 2.75) is 142 Å². The molecule has 0 aliphatic heterocycles. The van der Waals surface area contributed by atoms with Crippen LogP contribution in [0, 0.1) is 0 Å². The molecule has 0 unspecified atom stereocenters. The van der Waals surface area contributed by atoms with E-state index in [9.17, 15) is 9.59 Å². The van der Waals surface area contributed by atoms with Crippen LogP contribution in [0.2, 0.25) is 0 Å². The first-order chi connectivity index (χ1) is 16.7. The van der Waals surface area contributed by atoms with Gasteiger partial charge in [0.2, 0.25) is 0 Å². The van der Waals surface area contributed by atoms with Gasteiger partial charge in [0.15, 0.2) is 0 Å². The average Bonchev–Trinajstić information content (AvgIpc) is 2.83. The SMILES string of the molecule is CCCCCCCCCCCCOC(=O)NC=CNC(=O)OCCCCCCCCCCCC. The summed E-state index contributed by atoms with van der Waals surface area (Å²) >= 11 is 0. The van der Waals surface area contributed by atoms with Gasteiger partial charge in [0.25, 0.3) is 0 Å². The predicted octanol–water partition coefficient (Wildman–Crippen LogP) is 8.75. The van der Waals surface area contributed by atoms with Crippen molar-refractivity contribution in [2.24, 2.45) is 0 Å². The van der Waals surface area contributed by atoms with Crippen LogP contribution in [0.15, 0.2) is 12.4 Å². The molecule has 2 N–H and O–H groups in total. The number of ether oxygens (including phenoxy) is 2. The van der Waals surface area contributed by atoms with Gasteiger partial charge in [-0.3, -0.25) is 10.6 Å². The largest absolute Gasteiger partial charge is 0.449 e. The summed E-state index contributed by atoms with van der Waals surface area (Å²) in [5.74, 6) is 0. The highest BCUT2D eigenvalue weighted by atomic mass is 16.6. The first-order valence-corrected chi connectivity index (χ1v) is 14.2. The topological polar surface area (TPSA) is 76.7 Å². The number of amides is 2. The van der Waals surface area contributed by atoms with Crippen molar-refractivity contribution in [3.05, 3.63) is 12.4 Å². The first kappa shape index (κ1) is 32.3. The molecule has 0 saturated carbocycles. The molecule has 0 heterocycles. The summed E-state index contributed by atoms with van der Waals surface area (Å²) in [6.07, 6.45) is 26.6. The molecule has 2 amide bonds. The summed E-state index contributed by atoms with van der Waals surface area (Å²) in [7, 11) is 0. The maximum atomic E-state index is 11.6. The molecule has 0 radical (unpaired) electrons. The summed E-state index contributed by atoms with van der Waals surface area (Å²) in [6.45, 7) is 5.33. The smallest absolute Gasteiger partial charge is 0.411 e. The molecule has 34 heavy (non-hydrogen) atoms. The predicted molar refractivity (Wildman–Crippen MR) is 142 cm³/mol. The zero-order chi connectivity index (χ0) is 25.0. The van der Waals surface area contributed by atoms with E-state index in [2.05, 4.69) is 24.5 Å². The number of nitrogens with one attached hydrogen (secondary N) is 2. The van der Waals surface area contributed by atoms with E-state index >= 15 is 0 Å². The van der Waals surface area contributed by atoms with E-state index in [0.717, 1.165) is 25.7 Å². The standard InChI is InChI=1S/C28H54N2O4/c1-3-5-7-9-11-13-15-17-19-21-25-33-27(31)29-23-24-30-28(32)34-26-22-20-18-16-14-12-10-8-6-4-2/h23-24H,3-22,25-26H2,1-2H3,(H,29,31)(H,30,32). The molecule has 0 atom stereocenters. The Bertz CT molecular complexity index is 441. The lowest BCUT2D eigenvalue weighted by molar-refractivity contribution is 0.145. The Balaban J connectivity index is 3.37.